The molecule has 1 atom stereocenters. The number of likely N-dealkylation sites (N-methyl/N-ethyl adjacent to an activating group) is 1. The van der Waals surface area contributed by atoms with Gasteiger partial charge in [0, 0.05) is 62.8 Å². The van der Waals surface area contributed by atoms with E-state index in [-0.39, 0.29) is 5.91 Å². The summed E-state index contributed by atoms with van der Waals surface area (Å²) in [6.07, 6.45) is 4.77. The molecule has 0 radical (unpaired) electrons. The van der Waals surface area contributed by atoms with E-state index in [1.165, 1.54) is 6.33 Å². The van der Waals surface area contributed by atoms with Crippen molar-refractivity contribution < 1.29 is 14.7 Å². The molecule has 12 nitrogen and oxygen atoms in total. The highest BCUT2D eigenvalue weighted by Gasteiger charge is 2.40. The van der Waals surface area contributed by atoms with Gasteiger partial charge in [0.1, 0.15) is 11.8 Å². The molecular formula is C36H38ClN9O3. The van der Waals surface area contributed by atoms with Crippen LogP contribution in [0.25, 0.3) is 22.2 Å². The van der Waals surface area contributed by atoms with Crippen molar-refractivity contribution in [3.8, 4) is 11.1 Å². The third-order valence-electron chi connectivity index (χ3n) is 9.78. The lowest BCUT2D eigenvalue weighted by Gasteiger charge is -2.21. The number of imidazole rings is 1. The van der Waals surface area contributed by atoms with Gasteiger partial charge in [-0.1, -0.05) is 35.9 Å². The van der Waals surface area contributed by atoms with Gasteiger partial charge in [0.2, 0.25) is 0 Å². The predicted octanol–water partition coefficient (Wildman–Crippen LogP) is 5.67. The quantitative estimate of drug-likeness (QED) is 0.188. The number of amides is 1. The molecule has 1 saturated heterocycles. The van der Waals surface area contributed by atoms with Crippen molar-refractivity contribution in [3.63, 3.8) is 0 Å². The highest BCUT2D eigenvalue weighted by molar-refractivity contribution is 6.36. The number of hydrogen-bond donors (Lipinski definition) is 3. The van der Waals surface area contributed by atoms with E-state index in [2.05, 4.69) is 42.4 Å². The molecule has 252 valence electrons. The van der Waals surface area contributed by atoms with Gasteiger partial charge in [-0.15, -0.1) is 0 Å². The molecule has 1 unspecified atom stereocenters. The zero-order chi connectivity index (χ0) is 34.4. The van der Waals surface area contributed by atoms with Crippen LogP contribution in [0.3, 0.4) is 0 Å². The largest absolute Gasteiger partial charge is 0.481 e. The zero-order valence-electron chi connectivity index (χ0n) is 27.9. The Bertz CT molecular complexity index is 2120. The van der Waals surface area contributed by atoms with Crippen LogP contribution in [-0.4, -0.2) is 78.0 Å². The number of aliphatic carboxylic acids is 1. The molecule has 0 aliphatic carbocycles. The van der Waals surface area contributed by atoms with E-state index in [0.717, 1.165) is 58.8 Å². The number of nitrogens with one attached hydrogen (secondary N) is 2. The number of nitrogens with zero attached hydrogens (tertiary/aromatic N) is 7. The van der Waals surface area contributed by atoms with Gasteiger partial charge >= 0.3 is 5.97 Å². The maximum absolute atomic E-state index is 13.4. The molecule has 0 spiro atoms. The van der Waals surface area contributed by atoms with Crippen molar-refractivity contribution in [1.29, 1.82) is 0 Å². The lowest BCUT2D eigenvalue weighted by Crippen LogP contribution is -2.31. The third-order valence-corrected chi connectivity index (χ3v) is 10.2. The minimum absolute atomic E-state index is 0.309. The maximum atomic E-state index is 13.4. The van der Waals surface area contributed by atoms with Gasteiger partial charge in [-0.2, -0.15) is 0 Å². The Labute approximate surface area is 289 Å². The second-order valence-electron chi connectivity index (χ2n) is 13.4. The fraction of sp³-hybridized carbons (Fsp3) is 0.333. The second kappa shape index (κ2) is 12.8. The van der Waals surface area contributed by atoms with Crippen LogP contribution in [0.1, 0.15) is 46.5 Å². The molecule has 13 heteroatoms. The second-order valence-corrected chi connectivity index (χ2v) is 13.7. The highest BCUT2D eigenvalue weighted by Crippen LogP contribution is 2.38. The number of pyridine rings is 1. The van der Waals surface area contributed by atoms with Crippen LogP contribution in [0.5, 0.6) is 0 Å². The first-order valence-electron chi connectivity index (χ1n) is 16.3. The topological polar surface area (TPSA) is 141 Å². The van der Waals surface area contributed by atoms with E-state index in [1.807, 2.05) is 54.9 Å². The number of carbonyl (C=O) groups is 2. The first-order valence-corrected chi connectivity index (χ1v) is 16.6. The predicted molar refractivity (Wildman–Crippen MR) is 189 cm³/mol. The summed E-state index contributed by atoms with van der Waals surface area (Å²) in [7, 11) is 3.93. The Morgan fingerprint density at radius 1 is 1.04 bits per heavy atom. The summed E-state index contributed by atoms with van der Waals surface area (Å²) in [5, 5.41) is 16.5. The summed E-state index contributed by atoms with van der Waals surface area (Å²) in [5.74, 6) is -0.147. The van der Waals surface area contributed by atoms with E-state index in [4.69, 9.17) is 16.6 Å². The zero-order valence-corrected chi connectivity index (χ0v) is 28.7. The van der Waals surface area contributed by atoms with Gasteiger partial charge < -0.3 is 25.2 Å². The van der Waals surface area contributed by atoms with E-state index >= 15 is 0 Å². The lowest BCUT2D eigenvalue weighted by atomic mass is 9.90. The van der Waals surface area contributed by atoms with Crippen molar-refractivity contribution in [2.45, 2.75) is 39.8 Å². The fourth-order valence-corrected chi connectivity index (χ4v) is 7.13. The minimum Gasteiger partial charge on any atom is -0.481 e. The van der Waals surface area contributed by atoms with E-state index in [9.17, 15) is 14.7 Å². The van der Waals surface area contributed by atoms with Crippen LogP contribution in [0.4, 0.5) is 17.2 Å². The van der Waals surface area contributed by atoms with E-state index in [1.54, 1.807) is 19.2 Å². The Morgan fingerprint density at radius 3 is 2.59 bits per heavy atom. The molecular weight excluding hydrogens is 642 g/mol. The van der Waals surface area contributed by atoms with Gasteiger partial charge in [0.15, 0.2) is 11.6 Å². The lowest BCUT2D eigenvalue weighted by molar-refractivity contribution is -0.147. The third kappa shape index (κ3) is 6.23. The summed E-state index contributed by atoms with van der Waals surface area (Å²) < 4.78 is 1.88. The number of carboxylic acids is 1. The number of carbonyl (C=O) groups excluding carboxylic acids is 1. The number of hydrogen-bond acceptors (Lipinski definition) is 9. The number of likely N-dealkylation sites (tertiary alicyclic amines) is 1. The van der Waals surface area contributed by atoms with Gasteiger partial charge in [-0.25, -0.2) is 15.0 Å². The first kappa shape index (κ1) is 32.6. The molecule has 5 heterocycles. The Kier molecular flexibility index (Phi) is 8.55. The standard InChI is InChI=1S/C36H38ClN9O3/c1-21-23(24-8-6-10-26(30(24)37)43-34(47)33-42-28-18-44(3)13-11-29(28)45(33)4)7-5-9-25(21)41-32-31-27(39-20-40-32)15-22(16-38-31)17-46-14-12-36(2,19-46)35(48)49/h5-10,15-16,20H,11-14,17-19H2,1-4H3,(H,43,47)(H,48,49)(H,39,40,41). The monoisotopic (exact) mass is 679 g/mol. The average Bonchev–Trinajstić information content (AvgIpc) is 3.62. The SMILES string of the molecule is Cc1c(Nc2ncnc3cc(CN4CCC(C)(C(=O)O)C4)cnc23)cccc1-c1cccc(NC(=O)c2nc3c(n2C)CCN(C)C3)c1Cl. The highest BCUT2D eigenvalue weighted by atomic mass is 35.5. The number of aromatic nitrogens is 5. The maximum Gasteiger partial charge on any atom is 0.310 e. The summed E-state index contributed by atoms with van der Waals surface area (Å²) >= 11 is 6.97. The molecule has 0 saturated carbocycles. The molecule has 7 rings (SSSR count). The number of benzene rings is 2. The fourth-order valence-electron chi connectivity index (χ4n) is 6.85. The Hall–Kier alpha value is -4.91. The summed E-state index contributed by atoms with van der Waals surface area (Å²) in [4.78, 5) is 47.8. The van der Waals surface area contributed by atoms with E-state index < -0.39 is 11.4 Å². The van der Waals surface area contributed by atoms with Gasteiger partial charge in [0.25, 0.3) is 5.91 Å². The molecule has 5 aromatic rings. The molecule has 0 bridgehead atoms. The van der Waals surface area contributed by atoms with Crippen LogP contribution < -0.4 is 10.6 Å². The smallest absolute Gasteiger partial charge is 0.310 e. The summed E-state index contributed by atoms with van der Waals surface area (Å²) in [6, 6.07) is 13.5. The molecule has 3 aromatic heterocycles. The number of fused-ring (bicyclic) bond motifs is 2. The van der Waals surface area contributed by atoms with Crippen molar-refractivity contribution in [2.24, 2.45) is 12.5 Å². The van der Waals surface area contributed by atoms with Crippen LogP contribution in [0.15, 0.2) is 55.0 Å². The number of carboxylic acid groups (broad SMARTS) is 1. The molecule has 49 heavy (non-hydrogen) atoms. The van der Waals surface area contributed by atoms with Crippen LogP contribution in [0.2, 0.25) is 5.02 Å². The number of halogens is 1. The van der Waals surface area contributed by atoms with Crippen molar-refractivity contribution in [1.82, 2.24) is 34.3 Å². The first-order chi connectivity index (χ1) is 23.5. The van der Waals surface area contributed by atoms with Crippen molar-refractivity contribution in [2.75, 3.05) is 37.3 Å². The summed E-state index contributed by atoms with van der Waals surface area (Å²) in [6.45, 7) is 7.26. The van der Waals surface area contributed by atoms with Crippen LogP contribution >= 0.6 is 11.6 Å². The van der Waals surface area contributed by atoms with E-state index in [0.29, 0.717) is 59.4 Å². The van der Waals surface area contributed by atoms with Crippen molar-refractivity contribution in [3.05, 3.63) is 88.4 Å². The van der Waals surface area contributed by atoms with Gasteiger partial charge in [-0.3, -0.25) is 19.5 Å². The number of anilines is 3. The van der Waals surface area contributed by atoms with Crippen LogP contribution in [-0.2, 0) is 31.4 Å². The summed E-state index contributed by atoms with van der Waals surface area (Å²) in [5.41, 5.74) is 7.50. The molecule has 2 aliphatic heterocycles. The molecule has 3 N–H and O–H groups in total. The Balaban J connectivity index is 1.11. The Morgan fingerprint density at radius 2 is 1.82 bits per heavy atom. The van der Waals surface area contributed by atoms with Gasteiger partial charge in [-0.05, 0) is 68.8 Å². The molecule has 1 fully saturated rings. The molecule has 2 aliphatic rings. The minimum atomic E-state index is -0.761. The molecule has 1 amide bonds. The van der Waals surface area contributed by atoms with Crippen molar-refractivity contribution >= 4 is 51.7 Å². The normalized spacial score (nSPS) is 18.1. The molecule has 2 aromatic carbocycles. The average molecular weight is 680 g/mol. The van der Waals surface area contributed by atoms with Crippen LogP contribution in [0, 0.1) is 12.3 Å². The number of rotatable bonds is 8. The van der Waals surface area contributed by atoms with Gasteiger partial charge in [0.05, 0.1) is 27.3 Å².